The maximum Gasteiger partial charge on any atom is 0.132 e. The van der Waals surface area contributed by atoms with Crippen LogP contribution in [0.15, 0.2) is 12.4 Å². The fourth-order valence-electron chi connectivity index (χ4n) is 2.55. The molecule has 1 N–H and O–H groups in total. The molecule has 0 unspecified atom stereocenters. The normalized spacial score (nSPS) is 17.1. The van der Waals surface area contributed by atoms with E-state index in [1.807, 2.05) is 7.05 Å². The Bertz CT molecular complexity index is 359. The van der Waals surface area contributed by atoms with Gasteiger partial charge in [0.15, 0.2) is 0 Å². The highest BCUT2D eigenvalue weighted by atomic mass is 15.2. The number of nitrogens with one attached hydrogen (secondary N) is 1. The van der Waals surface area contributed by atoms with E-state index in [1.54, 1.807) is 6.33 Å². The molecule has 1 fully saturated rings. The second-order valence-electron chi connectivity index (χ2n) is 5.04. The molecule has 1 aliphatic heterocycles. The van der Waals surface area contributed by atoms with Crippen molar-refractivity contribution in [2.24, 2.45) is 5.92 Å². The summed E-state index contributed by atoms with van der Waals surface area (Å²) in [5.41, 5.74) is 1.14. The third kappa shape index (κ3) is 3.42. The molecule has 0 aromatic carbocycles. The maximum absolute atomic E-state index is 4.40. The molecule has 1 aromatic heterocycles. The first-order valence-corrected chi connectivity index (χ1v) is 7.04. The highest BCUT2D eigenvalue weighted by Crippen LogP contribution is 2.23. The zero-order valence-corrected chi connectivity index (χ0v) is 11.5. The summed E-state index contributed by atoms with van der Waals surface area (Å²) in [4.78, 5) is 11.1. The van der Waals surface area contributed by atoms with E-state index in [9.17, 15) is 0 Å². The van der Waals surface area contributed by atoms with Gasteiger partial charge in [-0.1, -0.05) is 6.92 Å². The van der Waals surface area contributed by atoms with Gasteiger partial charge >= 0.3 is 0 Å². The zero-order chi connectivity index (χ0) is 12.8. The third-order valence-corrected chi connectivity index (χ3v) is 3.81. The van der Waals surface area contributed by atoms with Gasteiger partial charge in [0, 0.05) is 24.8 Å². The lowest BCUT2D eigenvalue weighted by atomic mass is 9.93. The van der Waals surface area contributed by atoms with E-state index in [0.29, 0.717) is 0 Å². The Labute approximate surface area is 110 Å². The topological polar surface area (TPSA) is 41.0 Å². The van der Waals surface area contributed by atoms with Crippen LogP contribution in [0.5, 0.6) is 0 Å². The lowest BCUT2D eigenvalue weighted by Gasteiger charge is -2.32. The zero-order valence-electron chi connectivity index (χ0n) is 11.5. The van der Waals surface area contributed by atoms with Crippen LogP contribution in [0.4, 0.5) is 5.82 Å². The fourth-order valence-corrected chi connectivity index (χ4v) is 2.55. The monoisotopic (exact) mass is 248 g/mol. The van der Waals surface area contributed by atoms with Gasteiger partial charge < -0.3 is 10.2 Å². The summed E-state index contributed by atoms with van der Waals surface area (Å²) >= 11 is 0. The van der Waals surface area contributed by atoms with Crippen molar-refractivity contribution in [2.75, 3.05) is 31.6 Å². The first kappa shape index (κ1) is 13.3. The molecular formula is C14H24N4. The SMILES string of the molecule is CCc1cc(N2CCC(CCNC)CC2)ncn1. The van der Waals surface area contributed by atoms with Crippen molar-refractivity contribution in [1.82, 2.24) is 15.3 Å². The summed E-state index contributed by atoms with van der Waals surface area (Å²) in [6.45, 7) is 5.54. The van der Waals surface area contributed by atoms with E-state index >= 15 is 0 Å². The molecule has 0 amide bonds. The minimum Gasteiger partial charge on any atom is -0.356 e. The number of hydrogen-bond donors (Lipinski definition) is 1. The molecule has 100 valence electrons. The predicted octanol–water partition coefficient (Wildman–Crippen LogP) is 1.86. The Morgan fingerprint density at radius 3 is 2.78 bits per heavy atom. The highest BCUT2D eigenvalue weighted by Gasteiger charge is 2.19. The maximum atomic E-state index is 4.40. The molecule has 0 radical (unpaired) electrons. The summed E-state index contributed by atoms with van der Waals surface area (Å²) in [5.74, 6) is 1.98. The Morgan fingerprint density at radius 2 is 2.11 bits per heavy atom. The second-order valence-corrected chi connectivity index (χ2v) is 5.04. The highest BCUT2D eigenvalue weighted by molar-refractivity contribution is 5.39. The number of anilines is 1. The molecule has 18 heavy (non-hydrogen) atoms. The van der Waals surface area contributed by atoms with E-state index in [1.165, 1.54) is 19.3 Å². The van der Waals surface area contributed by atoms with Crippen LogP contribution >= 0.6 is 0 Å². The molecule has 0 aliphatic carbocycles. The van der Waals surface area contributed by atoms with Crippen LogP contribution < -0.4 is 10.2 Å². The molecule has 4 nitrogen and oxygen atoms in total. The van der Waals surface area contributed by atoms with Crippen LogP contribution in [-0.2, 0) is 6.42 Å². The van der Waals surface area contributed by atoms with E-state index < -0.39 is 0 Å². The van der Waals surface area contributed by atoms with Gasteiger partial charge in [0.25, 0.3) is 0 Å². The van der Waals surface area contributed by atoms with Gasteiger partial charge in [-0.2, -0.15) is 0 Å². The number of piperidine rings is 1. The van der Waals surface area contributed by atoms with Crippen molar-refractivity contribution in [3.63, 3.8) is 0 Å². The van der Waals surface area contributed by atoms with Crippen molar-refractivity contribution >= 4 is 5.82 Å². The molecule has 2 heterocycles. The minimum atomic E-state index is 0.876. The Morgan fingerprint density at radius 1 is 1.33 bits per heavy atom. The summed E-state index contributed by atoms with van der Waals surface area (Å²) in [6.07, 6.45) is 6.55. The van der Waals surface area contributed by atoms with Gasteiger partial charge in [-0.25, -0.2) is 9.97 Å². The van der Waals surface area contributed by atoms with Crippen molar-refractivity contribution < 1.29 is 0 Å². The molecule has 0 spiro atoms. The minimum absolute atomic E-state index is 0.876. The van der Waals surface area contributed by atoms with E-state index in [-0.39, 0.29) is 0 Å². The average Bonchev–Trinajstić information content (AvgIpc) is 2.46. The van der Waals surface area contributed by atoms with Gasteiger partial charge in [0.05, 0.1) is 0 Å². The van der Waals surface area contributed by atoms with Crippen molar-refractivity contribution in [3.05, 3.63) is 18.1 Å². The van der Waals surface area contributed by atoms with Crippen LogP contribution in [0.2, 0.25) is 0 Å². The lowest BCUT2D eigenvalue weighted by Crippen LogP contribution is -2.35. The van der Waals surface area contributed by atoms with Crippen molar-refractivity contribution in [2.45, 2.75) is 32.6 Å². The Balaban J connectivity index is 1.88. The first-order chi connectivity index (χ1) is 8.83. The van der Waals surface area contributed by atoms with E-state index in [2.05, 4.69) is 33.2 Å². The van der Waals surface area contributed by atoms with E-state index in [0.717, 1.165) is 43.5 Å². The first-order valence-electron chi connectivity index (χ1n) is 7.04. The lowest BCUT2D eigenvalue weighted by molar-refractivity contribution is 0.377. The standard InChI is InChI=1S/C14H24N4/c1-3-13-10-14(17-11-16-13)18-8-5-12(6-9-18)4-7-15-2/h10-12,15H,3-9H2,1-2H3. The fraction of sp³-hybridized carbons (Fsp3) is 0.714. The Hall–Kier alpha value is -1.16. The number of aromatic nitrogens is 2. The number of hydrogen-bond acceptors (Lipinski definition) is 4. The molecule has 4 heteroatoms. The van der Waals surface area contributed by atoms with Gasteiger partial charge in [0.2, 0.25) is 0 Å². The van der Waals surface area contributed by atoms with Gasteiger partial charge in [-0.3, -0.25) is 0 Å². The quantitative estimate of drug-likeness (QED) is 0.863. The molecule has 0 saturated carbocycles. The van der Waals surface area contributed by atoms with Gasteiger partial charge in [-0.15, -0.1) is 0 Å². The van der Waals surface area contributed by atoms with Crippen molar-refractivity contribution in [1.29, 1.82) is 0 Å². The average molecular weight is 248 g/mol. The Kier molecular flexibility index (Phi) is 4.93. The van der Waals surface area contributed by atoms with Crippen LogP contribution in [0.25, 0.3) is 0 Å². The van der Waals surface area contributed by atoms with Crippen LogP contribution in [0, 0.1) is 5.92 Å². The van der Waals surface area contributed by atoms with Crippen LogP contribution in [0.1, 0.15) is 31.9 Å². The molecule has 0 atom stereocenters. The molecular weight excluding hydrogens is 224 g/mol. The second kappa shape index (κ2) is 6.69. The molecule has 2 rings (SSSR count). The summed E-state index contributed by atoms with van der Waals surface area (Å²) < 4.78 is 0. The molecule has 1 aliphatic rings. The summed E-state index contributed by atoms with van der Waals surface area (Å²) in [6, 6.07) is 2.13. The van der Waals surface area contributed by atoms with Gasteiger partial charge in [0.1, 0.15) is 12.1 Å². The number of aryl methyl sites for hydroxylation is 1. The summed E-state index contributed by atoms with van der Waals surface area (Å²) in [5, 5.41) is 3.24. The molecule has 0 bridgehead atoms. The molecule has 1 saturated heterocycles. The number of rotatable bonds is 5. The number of nitrogens with zero attached hydrogens (tertiary/aromatic N) is 3. The van der Waals surface area contributed by atoms with Gasteiger partial charge in [-0.05, 0) is 45.2 Å². The van der Waals surface area contributed by atoms with E-state index in [4.69, 9.17) is 0 Å². The molecule has 1 aromatic rings. The van der Waals surface area contributed by atoms with Crippen LogP contribution in [-0.4, -0.2) is 36.6 Å². The third-order valence-electron chi connectivity index (χ3n) is 3.81. The smallest absolute Gasteiger partial charge is 0.132 e. The summed E-state index contributed by atoms with van der Waals surface area (Å²) in [7, 11) is 2.03. The predicted molar refractivity (Wildman–Crippen MR) is 74.9 cm³/mol. The van der Waals surface area contributed by atoms with Crippen LogP contribution in [0.3, 0.4) is 0 Å². The largest absolute Gasteiger partial charge is 0.356 e. The van der Waals surface area contributed by atoms with Crippen molar-refractivity contribution in [3.8, 4) is 0 Å².